The van der Waals surface area contributed by atoms with E-state index in [-0.39, 0.29) is 11.9 Å². The number of hydrogen-bond acceptors (Lipinski definition) is 2. The molecule has 2 aromatic rings. The smallest absolute Gasteiger partial charge is 0.334 e. The first-order valence-electron chi connectivity index (χ1n) is 7.02. The van der Waals surface area contributed by atoms with Crippen LogP contribution in [0.1, 0.15) is 31.7 Å². The summed E-state index contributed by atoms with van der Waals surface area (Å²) in [6.07, 6.45) is 0.825. The highest BCUT2D eigenvalue weighted by Crippen LogP contribution is 2.32. The largest absolute Gasteiger partial charge is 0.463 e. The zero-order chi connectivity index (χ0) is 14.5. The van der Waals surface area contributed by atoms with Crippen molar-refractivity contribution in [3.05, 3.63) is 60.2 Å². The average molecular weight is 268 g/mol. The molecular weight excluding hydrogens is 248 g/mol. The Hall–Kier alpha value is -2.09. The van der Waals surface area contributed by atoms with Gasteiger partial charge in [0.15, 0.2) is 0 Å². The van der Waals surface area contributed by atoms with Crippen molar-refractivity contribution in [2.45, 2.75) is 26.2 Å². The van der Waals surface area contributed by atoms with E-state index in [9.17, 15) is 4.79 Å². The minimum absolute atomic E-state index is 0.000139. The van der Waals surface area contributed by atoms with Crippen LogP contribution in [-0.4, -0.2) is 12.6 Å². The molecule has 2 rings (SSSR count). The van der Waals surface area contributed by atoms with Crippen LogP contribution in [0.15, 0.2) is 54.6 Å². The van der Waals surface area contributed by atoms with Crippen LogP contribution >= 0.6 is 0 Å². The van der Waals surface area contributed by atoms with Crippen molar-refractivity contribution in [3.8, 4) is 0 Å². The molecule has 20 heavy (non-hydrogen) atoms. The highest BCUT2D eigenvalue weighted by molar-refractivity contribution is 5.92. The lowest BCUT2D eigenvalue weighted by molar-refractivity contribution is -0.138. The zero-order valence-electron chi connectivity index (χ0n) is 12.1. The van der Waals surface area contributed by atoms with Gasteiger partial charge in [-0.05, 0) is 29.7 Å². The number of fused-ring (bicyclic) bond motifs is 1. The third-order valence-electron chi connectivity index (χ3n) is 3.57. The first-order valence-corrected chi connectivity index (χ1v) is 7.02. The van der Waals surface area contributed by atoms with Crippen LogP contribution in [0.3, 0.4) is 0 Å². The van der Waals surface area contributed by atoms with E-state index in [0.717, 1.165) is 12.0 Å². The van der Waals surface area contributed by atoms with E-state index in [1.54, 1.807) is 0 Å². The zero-order valence-corrected chi connectivity index (χ0v) is 12.1. The molecule has 1 unspecified atom stereocenters. The van der Waals surface area contributed by atoms with Crippen molar-refractivity contribution >= 4 is 16.7 Å². The fraction of sp³-hybridized carbons (Fsp3) is 0.278. The normalized spacial score (nSPS) is 12.1. The Balaban J connectivity index is 2.44. The van der Waals surface area contributed by atoms with Gasteiger partial charge in [0.1, 0.15) is 0 Å². The van der Waals surface area contributed by atoms with Crippen LogP contribution in [0.5, 0.6) is 0 Å². The van der Waals surface area contributed by atoms with Crippen LogP contribution in [0.4, 0.5) is 0 Å². The predicted molar refractivity (Wildman–Crippen MR) is 82.8 cm³/mol. The van der Waals surface area contributed by atoms with Crippen molar-refractivity contribution < 1.29 is 9.53 Å². The molecule has 0 radical (unpaired) electrons. The summed E-state index contributed by atoms with van der Waals surface area (Å²) in [5.74, 6) is -0.299. The SMILES string of the molecule is C=C(C(=O)OCC)C(CC)c1cccc2ccccc12. The third kappa shape index (κ3) is 2.74. The number of benzene rings is 2. The van der Waals surface area contributed by atoms with Crippen molar-refractivity contribution in [2.75, 3.05) is 6.61 Å². The Kier molecular flexibility index (Phi) is 4.57. The van der Waals surface area contributed by atoms with Gasteiger partial charge in [0, 0.05) is 11.5 Å². The Morgan fingerprint density at radius 2 is 1.85 bits per heavy atom. The van der Waals surface area contributed by atoms with Crippen LogP contribution < -0.4 is 0 Å². The standard InChI is InChI=1S/C18H20O2/c1-4-15(13(3)18(19)20-5-2)17-12-8-10-14-9-6-7-11-16(14)17/h6-12,15H,3-5H2,1-2H3. The first kappa shape index (κ1) is 14.3. The first-order chi connectivity index (χ1) is 9.69. The van der Waals surface area contributed by atoms with E-state index in [2.05, 4.69) is 37.8 Å². The average Bonchev–Trinajstić information content (AvgIpc) is 2.48. The number of rotatable bonds is 5. The van der Waals surface area contributed by atoms with E-state index in [1.807, 2.05) is 25.1 Å². The van der Waals surface area contributed by atoms with Gasteiger partial charge in [0.25, 0.3) is 0 Å². The molecule has 2 nitrogen and oxygen atoms in total. The monoisotopic (exact) mass is 268 g/mol. The quantitative estimate of drug-likeness (QED) is 0.591. The molecule has 0 bridgehead atoms. The molecule has 0 saturated carbocycles. The molecule has 0 heterocycles. The van der Waals surface area contributed by atoms with Gasteiger partial charge in [0.2, 0.25) is 0 Å². The molecule has 0 N–H and O–H groups in total. The Bertz CT molecular complexity index is 623. The second-order valence-electron chi connectivity index (χ2n) is 4.77. The van der Waals surface area contributed by atoms with Gasteiger partial charge in [-0.2, -0.15) is 0 Å². The van der Waals surface area contributed by atoms with Gasteiger partial charge >= 0.3 is 5.97 Å². The maximum absolute atomic E-state index is 11.9. The van der Waals surface area contributed by atoms with Crippen LogP contribution in [0.25, 0.3) is 10.8 Å². The number of esters is 1. The van der Waals surface area contributed by atoms with Crippen LogP contribution in [-0.2, 0) is 9.53 Å². The van der Waals surface area contributed by atoms with Gasteiger partial charge in [0.05, 0.1) is 6.61 Å². The Labute approximate surface area is 120 Å². The van der Waals surface area contributed by atoms with Crippen molar-refractivity contribution in [2.24, 2.45) is 0 Å². The molecule has 0 amide bonds. The fourth-order valence-corrected chi connectivity index (χ4v) is 2.57. The molecule has 2 heteroatoms. The molecule has 0 saturated heterocycles. The summed E-state index contributed by atoms with van der Waals surface area (Å²) in [6.45, 7) is 8.21. The number of carbonyl (C=O) groups is 1. The van der Waals surface area contributed by atoms with Crippen molar-refractivity contribution in [1.29, 1.82) is 0 Å². The molecule has 2 aromatic carbocycles. The van der Waals surface area contributed by atoms with Crippen molar-refractivity contribution in [1.82, 2.24) is 0 Å². The molecule has 0 aliphatic heterocycles. The summed E-state index contributed by atoms with van der Waals surface area (Å²) < 4.78 is 5.08. The second kappa shape index (κ2) is 6.38. The summed E-state index contributed by atoms with van der Waals surface area (Å²) in [5.41, 5.74) is 1.68. The van der Waals surface area contributed by atoms with Crippen molar-refractivity contribution in [3.63, 3.8) is 0 Å². The Morgan fingerprint density at radius 1 is 1.15 bits per heavy atom. The molecule has 1 atom stereocenters. The van der Waals surface area contributed by atoms with E-state index in [0.29, 0.717) is 12.2 Å². The molecule has 104 valence electrons. The van der Waals surface area contributed by atoms with Crippen LogP contribution in [0.2, 0.25) is 0 Å². The summed E-state index contributed by atoms with van der Waals surface area (Å²) in [4.78, 5) is 11.9. The highest BCUT2D eigenvalue weighted by atomic mass is 16.5. The van der Waals surface area contributed by atoms with Gasteiger partial charge in [-0.15, -0.1) is 0 Å². The predicted octanol–water partition coefficient (Wildman–Crippen LogP) is 4.45. The lowest BCUT2D eigenvalue weighted by Gasteiger charge is -2.19. The maximum atomic E-state index is 11.9. The lowest BCUT2D eigenvalue weighted by atomic mass is 9.86. The van der Waals surface area contributed by atoms with Crippen LogP contribution in [0, 0.1) is 0 Å². The lowest BCUT2D eigenvalue weighted by Crippen LogP contribution is -2.13. The minimum Gasteiger partial charge on any atom is -0.463 e. The maximum Gasteiger partial charge on any atom is 0.334 e. The third-order valence-corrected chi connectivity index (χ3v) is 3.57. The molecule has 0 aromatic heterocycles. The van der Waals surface area contributed by atoms with Gasteiger partial charge in [-0.1, -0.05) is 56.0 Å². The molecular formula is C18H20O2. The van der Waals surface area contributed by atoms with E-state index < -0.39 is 0 Å². The number of carbonyl (C=O) groups excluding carboxylic acids is 1. The molecule has 0 aliphatic rings. The van der Waals surface area contributed by atoms with E-state index in [4.69, 9.17) is 4.74 Å². The number of hydrogen-bond donors (Lipinski definition) is 0. The number of ether oxygens (including phenoxy) is 1. The molecule has 0 fully saturated rings. The van der Waals surface area contributed by atoms with Gasteiger partial charge in [-0.3, -0.25) is 0 Å². The molecule has 0 spiro atoms. The summed E-state index contributed by atoms with van der Waals surface area (Å²) in [5, 5.41) is 2.35. The highest BCUT2D eigenvalue weighted by Gasteiger charge is 2.21. The summed E-state index contributed by atoms with van der Waals surface area (Å²) in [7, 11) is 0. The fourth-order valence-electron chi connectivity index (χ4n) is 2.57. The van der Waals surface area contributed by atoms with E-state index >= 15 is 0 Å². The topological polar surface area (TPSA) is 26.3 Å². The minimum atomic E-state index is -0.299. The summed E-state index contributed by atoms with van der Waals surface area (Å²) in [6, 6.07) is 14.4. The Morgan fingerprint density at radius 3 is 2.55 bits per heavy atom. The van der Waals surface area contributed by atoms with E-state index in [1.165, 1.54) is 10.8 Å². The molecule has 0 aliphatic carbocycles. The summed E-state index contributed by atoms with van der Waals surface area (Å²) >= 11 is 0. The van der Waals surface area contributed by atoms with Gasteiger partial charge in [-0.25, -0.2) is 4.79 Å². The second-order valence-corrected chi connectivity index (χ2v) is 4.77. The van der Waals surface area contributed by atoms with Gasteiger partial charge < -0.3 is 4.74 Å².